The quantitative estimate of drug-likeness (QED) is 0.629. The smallest absolute Gasteiger partial charge is 0.262 e. The lowest BCUT2D eigenvalue weighted by molar-refractivity contribution is 0.0917. The zero-order chi connectivity index (χ0) is 20.4. The van der Waals surface area contributed by atoms with Gasteiger partial charge in [-0.05, 0) is 46.7 Å². The average molecular weight is 431 g/mol. The molecule has 1 saturated heterocycles. The number of hydrogen-bond donors (Lipinski definition) is 2. The highest BCUT2D eigenvalue weighted by Gasteiger charge is 2.31. The highest BCUT2D eigenvalue weighted by Crippen LogP contribution is 2.28. The lowest BCUT2D eigenvalue weighted by Crippen LogP contribution is -2.32. The summed E-state index contributed by atoms with van der Waals surface area (Å²) in [6.07, 6.45) is 0.785. The number of fused-ring (bicyclic) bond motifs is 1. The van der Waals surface area contributed by atoms with Crippen LogP contribution in [-0.2, 0) is 10.0 Å². The molecular weight excluding hydrogens is 408 g/mol. The Labute approximate surface area is 173 Å². The van der Waals surface area contributed by atoms with E-state index in [9.17, 15) is 18.3 Å². The second-order valence-corrected chi connectivity index (χ2v) is 9.88. The predicted octanol–water partition coefficient (Wildman–Crippen LogP) is 3.15. The Morgan fingerprint density at radius 3 is 2.59 bits per heavy atom. The third-order valence-corrected chi connectivity index (χ3v) is 8.12. The minimum absolute atomic E-state index is 0.00171. The average Bonchev–Trinajstić information content (AvgIpc) is 3.44. The van der Waals surface area contributed by atoms with E-state index < -0.39 is 22.0 Å². The van der Waals surface area contributed by atoms with Crippen LogP contribution >= 0.6 is 11.3 Å². The van der Waals surface area contributed by atoms with Gasteiger partial charge < -0.3 is 10.4 Å². The molecule has 1 unspecified atom stereocenters. The Kier molecular flexibility index (Phi) is 5.69. The maximum atomic E-state index is 12.8. The number of nitrogens with one attached hydrogen (secondary N) is 1. The van der Waals surface area contributed by atoms with Crippen LogP contribution in [0.2, 0.25) is 0 Å². The Morgan fingerprint density at radius 1 is 1.10 bits per heavy atom. The second-order valence-electron chi connectivity index (χ2n) is 7.06. The van der Waals surface area contributed by atoms with Crippen LogP contribution in [0.5, 0.6) is 0 Å². The topological polar surface area (TPSA) is 86.7 Å². The van der Waals surface area contributed by atoms with Crippen LogP contribution in [-0.4, -0.2) is 43.4 Å². The van der Waals surface area contributed by atoms with Crippen LogP contribution in [0.3, 0.4) is 0 Å². The van der Waals surface area contributed by atoms with Crippen LogP contribution in [0.4, 0.5) is 0 Å². The molecule has 0 bridgehead atoms. The van der Waals surface area contributed by atoms with Crippen molar-refractivity contribution in [3.8, 4) is 0 Å². The van der Waals surface area contributed by atoms with E-state index >= 15 is 0 Å². The van der Waals surface area contributed by atoms with Gasteiger partial charge in [0.25, 0.3) is 5.91 Å². The fraction of sp³-hybridized carbons (Fsp3) is 0.286. The minimum Gasteiger partial charge on any atom is -0.387 e. The van der Waals surface area contributed by atoms with Gasteiger partial charge in [0, 0.05) is 19.6 Å². The van der Waals surface area contributed by atoms with Gasteiger partial charge in [-0.15, -0.1) is 11.3 Å². The first-order chi connectivity index (χ1) is 14.0. The van der Waals surface area contributed by atoms with E-state index in [0.717, 1.165) is 35.0 Å². The number of carbonyl (C=O) groups is 1. The van der Waals surface area contributed by atoms with Crippen molar-refractivity contribution < 1.29 is 18.3 Å². The molecule has 29 heavy (non-hydrogen) atoms. The summed E-state index contributed by atoms with van der Waals surface area (Å²) in [6, 6.07) is 15.0. The maximum Gasteiger partial charge on any atom is 0.262 e. The van der Waals surface area contributed by atoms with Crippen LogP contribution in [0, 0.1) is 0 Å². The number of aliphatic hydroxyl groups is 1. The van der Waals surface area contributed by atoms with E-state index in [1.165, 1.54) is 10.4 Å². The largest absolute Gasteiger partial charge is 0.387 e. The zero-order valence-corrected chi connectivity index (χ0v) is 17.4. The summed E-state index contributed by atoms with van der Waals surface area (Å²) in [7, 11) is -3.67. The molecule has 2 heterocycles. The Morgan fingerprint density at radius 2 is 1.83 bits per heavy atom. The van der Waals surface area contributed by atoms with Crippen molar-refractivity contribution in [3.63, 3.8) is 0 Å². The molecule has 3 aromatic rings. The summed E-state index contributed by atoms with van der Waals surface area (Å²) in [6.45, 7) is 0.970. The molecule has 1 atom stereocenters. The van der Waals surface area contributed by atoms with Gasteiger partial charge in [0.1, 0.15) is 9.77 Å². The molecule has 1 aromatic heterocycles. The van der Waals surface area contributed by atoms with E-state index in [2.05, 4.69) is 5.32 Å². The van der Waals surface area contributed by atoms with Crippen LogP contribution < -0.4 is 5.32 Å². The molecule has 6 nitrogen and oxygen atoms in total. The third kappa shape index (κ3) is 4.06. The number of thiophene rings is 1. The fourth-order valence-electron chi connectivity index (χ4n) is 3.54. The summed E-state index contributed by atoms with van der Waals surface area (Å²) >= 11 is 1.09. The van der Waals surface area contributed by atoms with E-state index in [0.29, 0.717) is 18.7 Å². The van der Waals surface area contributed by atoms with Gasteiger partial charge in [-0.3, -0.25) is 4.79 Å². The molecule has 2 N–H and O–H groups in total. The molecular formula is C21H22N2O4S2. The summed E-state index contributed by atoms with van der Waals surface area (Å²) in [5.41, 5.74) is 0.695. The van der Waals surface area contributed by atoms with Gasteiger partial charge in [0.05, 0.1) is 6.10 Å². The van der Waals surface area contributed by atoms with Crippen molar-refractivity contribution in [1.29, 1.82) is 0 Å². The number of hydrogen-bond acceptors (Lipinski definition) is 5. The number of sulfonamides is 1. The fourth-order valence-corrected chi connectivity index (χ4v) is 6.37. The van der Waals surface area contributed by atoms with Crippen molar-refractivity contribution in [3.05, 3.63) is 64.4 Å². The first-order valence-electron chi connectivity index (χ1n) is 9.49. The number of amides is 1. The highest BCUT2D eigenvalue weighted by atomic mass is 32.2. The van der Waals surface area contributed by atoms with Gasteiger partial charge in [-0.25, -0.2) is 8.42 Å². The molecule has 0 radical (unpaired) electrons. The molecule has 152 valence electrons. The molecule has 8 heteroatoms. The molecule has 4 rings (SSSR count). The first-order valence-corrected chi connectivity index (χ1v) is 11.8. The van der Waals surface area contributed by atoms with Gasteiger partial charge in [0.15, 0.2) is 0 Å². The Hall–Kier alpha value is -2.26. The van der Waals surface area contributed by atoms with Crippen molar-refractivity contribution in [2.45, 2.75) is 23.8 Å². The summed E-state index contributed by atoms with van der Waals surface area (Å²) in [5.74, 6) is -0.488. The number of nitrogens with zero attached hydrogens (tertiary/aromatic N) is 1. The lowest BCUT2D eigenvalue weighted by Gasteiger charge is -2.16. The van der Waals surface area contributed by atoms with Gasteiger partial charge >= 0.3 is 0 Å². The Balaban J connectivity index is 1.46. The number of carbonyl (C=O) groups excluding carboxylic acids is 1. The van der Waals surface area contributed by atoms with Crippen molar-refractivity contribution in [2.75, 3.05) is 19.6 Å². The number of benzene rings is 2. The minimum atomic E-state index is -3.67. The molecule has 2 aromatic carbocycles. The molecule has 1 aliphatic rings. The van der Waals surface area contributed by atoms with Crippen LogP contribution in [0.15, 0.2) is 58.8 Å². The van der Waals surface area contributed by atoms with Crippen molar-refractivity contribution in [1.82, 2.24) is 9.62 Å². The normalized spacial score (nSPS) is 16.2. The SMILES string of the molecule is O=C(NCC(O)c1ccc2ccccc2c1)c1sccc1S(=O)(=O)N1CCCC1. The second kappa shape index (κ2) is 8.23. The predicted molar refractivity (Wildman–Crippen MR) is 114 cm³/mol. The standard InChI is InChI=1S/C21H22N2O4S2/c24-18(17-8-7-15-5-1-2-6-16(15)13-17)14-22-21(25)20-19(9-12-28-20)29(26,27)23-10-3-4-11-23/h1-2,5-9,12-13,18,24H,3-4,10-11,14H2,(H,22,25). The molecule has 1 aliphatic heterocycles. The first kappa shape index (κ1) is 20.0. The lowest BCUT2D eigenvalue weighted by atomic mass is 10.0. The van der Waals surface area contributed by atoms with Crippen LogP contribution in [0.25, 0.3) is 10.8 Å². The van der Waals surface area contributed by atoms with E-state index in [1.807, 2.05) is 42.5 Å². The van der Waals surface area contributed by atoms with Gasteiger partial charge in [0.2, 0.25) is 10.0 Å². The summed E-state index contributed by atoms with van der Waals surface area (Å²) in [5, 5.41) is 16.9. The highest BCUT2D eigenvalue weighted by molar-refractivity contribution is 7.89. The molecule has 0 aliphatic carbocycles. The van der Waals surface area contributed by atoms with E-state index in [1.54, 1.807) is 5.38 Å². The van der Waals surface area contributed by atoms with E-state index in [4.69, 9.17) is 0 Å². The number of rotatable bonds is 6. The number of aliphatic hydroxyl groups excluding tert-OH is 1. The van der Waals surface area contributed by atoms with Crippen LogP contribution in [0.1, 0.15) is 34.2 Å². The van der Waals surface area contributed by atoms with Crippen molar-refractivity contribution >= 4 is 38.0 Å². The van der Waals surface area contributed by atoms with E-state index in [-0.39, 0.29) is 16.3 Å². The molecule has 0 spiro atoms. The molecule has 1 amide bonds. The third-order valence-electron chi connectivity index (χ3n) is 5.13. The Bertz CT molecular complexity index is 1130. The maximum absolute atomic E-state index is 12.8. The zero-order valence-electron chi connectivity index (χ0n) is 15.7. The molecule has 0 saturated carbocycles. The molecule has 1 fully saturated rings. The van der Waals surface area contributed by atoms with Gasteiger partial charge in [-0.1, -0.05) is 36.4 Å². The van der Waals surface area contributed by atoms with Gasteiger partial charge in [-0.2, -0.15) is 4.31 Å². The summed E-state index contributed by atoms with van der Waals surface area (Å²) in [4.78, 5) is 12.8. The summed E-state index contributed by atoms with van der Waals surface area (Å²) < 4.78 is 27.0. The van der Waals surface area contributed by atoms with Crippen molar-refractivity contribution in [2.24, 2.45) is 0 Å². The monoisotopic (exact) mass is 430 g/mol.